The molecule has 0 amide bonds. The number of carbonyl (C=O) groups is 1. The summed E-state index contributed by atoms with van der Waals surface area (Å²) in [6, 6.07) is 2.41. The van der Waals surface area contributed by atoms with E-state index in [0.717, 1.165) is 29.1 Å². The highest BCUT2D eigenvalue weighted by atomic mass is 16.5. The number of aromatic amines is 1. The Morgan fingerprint density at radius 2 is 2.19 bits per heavy atom. The number of anilines is 1. The van der Waals surface area contributed by atoms with E-state index < -0.39 is 0 Å². The summed E-state index contributed by atoms with van der Waals surface area (Å²) in [5, 5.41) is 4.67. The third-order valence-electron chi connectivity index (χ3n) is 5.78. The first-order chi connectivity index (χ1) is 12.7. The van der Waals surface area contributed by atoms with Crippen molar-refractivity contribution in [2.24, 2.45) is 11.8 Å². The van der Waals surface area contributed by atoms with Crippen molar-refractivity contribution in [3.05, 3.63) is 24.0 Å². The first kappa shape index (κ1) is 17.4. The molecule has 2 aliphatic carbocycles. The molecule has 4 rings (SSSR count). The van der Waals surface area contributed by atoms with E-state index in [4.69, 9.17) is 4.74 Å². The minimum absolute atomic E-state index is 0.254. The maximum absolute atomic E-state index is 12.7. The molecule has 0 saturated heterocycles. The van der Waals surface area contributed by atoms with Gasteiger partial charge in [0.05, 0.1) is 12.3 Å². The van der Waals surface area contributed by atoms with Crippen molar-refractivity contribution < 1.29 is 9.53 Å². The van der Waals surface area contributed by atoms with Crippen LogP contribution in [0.3, 0.4) is 0 Å². The molecule has 2 saturated carbocycles. The zero-order valence-corrected chi connectivity index (χ0v) is 15.6. The van der Waals surface area contributed by atoms with Crippen LogP contribution < -0.4 is 5.32 Å². The van der Waals surface area contributed by atoms with E-state index in [0.29, 0.717) is 24.1 Å². The third-order valence-corrected chi connectivity index (χ3v) is 5.78. The number of fused-ring (bicyclic) bond motifs is 1. The lowest BCUT2D eigenvalue weighted by Crippen LogP contribution is -2.28. The monoisotopic (exact) mass is 355 g/mol. The highest BCUT2D eigenvalue weighted by molar-refractivity contribution is 6.04. The lowest BCUT2D eigenvalue weighted by Gasteiger charge is -2.31. The molecule has 2 atom stereocenters. The van der Waals surface area contributed by atoms with Crippen molar-refractivity contribution in [2.75, 3.05) is 11.9 Å². The van der Waals surface area contributed by atoms with Gasteiger partial charge in [0.15, 0.2) is 0 Å². The molecule has 2 N–H and O–H groups in total. The molecule has 0 spiro atoms. The third kappa shape index (κ3) is 3.87. The molecule has 0 aliphatic heterocycles. The molecule has 0 radical (unpaired) electrons. The van der Waals surface area contributed by atoms with E-state index in [2.05, 4.69) is 22.2 Å². The molecule has 140 valence electrons. The van der Waals surface area contributed by atoms with Crippen LogP contribution in [0.5, 0.6) is 0 Å². The number of nitrogens with one attached hydrogen (secondary N) is 2. The van der Waals surface area contributed by atoms with Gasteiger partial charge in [0.2, 0.25) is 0 Å². The summed E-state index contributed by atoms with van der Waals surface area (Å²) in [5.74, 6) is 1.10. The maximum Gasteiger partial charge on any atom is 0.341 e. The number of carbonyl (C=O) groups excluding carboxylic acids is 1. The zero-order chi connectivity index (χ0) is 17.9. The fraction of sp³-hybridized carbons (Fsp3) is 0.619. The van der Waals surface area contributed by atoms with Gasteiger partial charge in [0.1, 0.15) is 11.2 Å². The SMILES string of the molecule is CCC[C@@H]1CCC[C@H](Nc2c(C(=O)OCC3CC3)cnc3[nH]ccc23)C1. The van der Waals surface area contributed by atoms with E-state index in [-0.39, 0.29) is 5.97 Å². The van der Waals surface area contributed by atoms with Gasteiger partial charge in [-0.25, -0.2) is 9.78 Å². The number of esters is 1. The first-order valence-corrected chi connectivity index (χ1v) is 10.1. The van der Waals surface area contributed by atoms with Crippen molar-refractivity contribution in [3.63, 3.8) is 0 Å². The molecular weight excluding hydrogens is 326 g/mol. The predicted octanol–water partition coefficient (Wildman–Crippen LogP) is 4.90. The fourth-order valence-electron chi connectivity index (χ4n) is 4.17. The van der Waals surface area contributed by atoms with Crippen molar-refractivity contribution in [3.8, 4) is 0 Å². The molecule has 2 heterocycles. The molecule has 2 aromatic heterocycles. The van der Waals surface area contributed by atoms with E-state index in [1.54, 1.807) is 6.20 Å². The minimum atomic E-state index is -0.254. The Kier molecular flexibility index (Phi) is 5.14. The Morgan fingerprint density at radius 3 is 3.00 bits per heavy atom. The van der Waals surface area contributed by atoms with Crippen molar-refractivity contribution in [1.29, 1.82) is 0 Å². The summed E-state index contributed by atoms with van der Waals surface area (Å²) in [6.07, 6.45) is 13.3. The number of H-pyrrole nitrogens is 1. The second-order valence-electron chi connectivity index (χ2n) is 7.99. The summed E-state index contributed by atoms with van der Waals surface area (Å²) in [4.78, 5) is 20.2. The summed E-state index contributed by atoms with van der Waals surface area (Å²) < 4.78 is 5.54. The van der Waals surface area contributed by atoms with Gasteiger partial charge < -0.3 is 15.0 Å². The molecule has 2 aliphatic rings. The molecule has 2 fully saturated rings. The predicted molar refractivity (Wildman–Crippen MR) is 103 cm³/mol. The summed E-state index contributed by atoms with van der Waals surface area (Å²) in [6.45, 7) is 2.79. The number of pyridine rings is 1. The van der Waals surface area contributed by atoms with Crippen LogP contribution in [0.25, 0.3) is 11.0 Å². The molecule has 0 aromatic carbocycles. The number of nitrogens with zero attached hydrogens (tertiary/aromatic N) is 1. The summed E-state index contributed by atoms with van der Waals surface area (Å²) in [7, 11) is 0. The van der Waals surface area contributed by atoms with Gasteiger partial charge in [-0.3, -0.25) is 0 Å². The second kappa shape index (κ2) is 7.68. The van der Waals surface area contributed by atoms with Crippen LogP contribution in [0.4, 0.5) is 5.69 Å². The minimum Gasteiger partial charge on any atom is -0.462 e. The van der Waals surface area contributed by atoms with E-state index in [9.17, 15) is 4.79 Å². The number of rotatable bonds is 7. The van der Waals surface area contributed by atoms with Gasteiger partial charge in [-0.1, -0.05) is 32.6 Å². The average Bonchev–Trinajstić information content (AvgIpc) is 3.35. The van der Waals surface area contributed by atoms with Crippen LogP contribution in [-0.2, 0) is 4.74 Å². The number of hydrogen-bond acceptors (Lipinski definition) is 4. The van der Waals surface area contributed by atoms with Crippen molar-refractivity contribution in [1.82, 2.24) is 9.97 Å². The molecular formula is C21H29N3O2. The summed E-state index contributed by atoms with van der Waals surface area (Å²) >= 11 is 0. The Bertz CT molecular complexity index is 764. The molecule has 2 aromatic rings. The maximum atomic E-state index is 12.7. The van der Waals surface area contributed by atoms with Gasteiger partial charge in [-0.05, 0) is 43.6 Å². The van der Waals surface area contributed by atoms with Crippen LogP contribution in [0.15, 0.2) is 18.5 Å². The van der Waals surface area contributed by atoms with Gasteiger partial charge >= 0.3 is 5.97 Å². The quantitative estimate of drug-likeness (QED) is 0.693. The van der Waals surface area contributed by atoms with Gasteiger partial charge in [-0.15, -0.1) is 0 Å². The Morgan fingerprint density at radius 1 is 1.31 bits per heavy atom. The lowest BCUT2D eigenvalue weighted by molar-refractivity contribution is 0.0487. The van der Waals surface area contributed by atoms with Crippen LogP contribution in [0.2, 0.25) is 0 Å². The molecule has 26 heavy (non-hydrogen) atoms. The largest absolute Gasteiger partial charge is 0.462 e. The number of hydrogen-bond donors (Lipinski definition) is 2. The average molecular weight is 355 g/mol. The van der Waals surface area contributed by atoms with Gasteiger partial charge in [0.25, 0.3) is 0 Å². The van der Waals surface area contributed by atoms with Gasteiger partial charge in [-0.2, -0.15) is 0 Å². The second-order valence-corrected chi connectivity index (χ2v) is 7.99. The molecule has 5 heteroatoms. The highest BCUT2D eigenvalue weighted by Crippen LogP contribution is 2.34. The Labute approximate surface area is 154 Å². The number of ether oxygens (including phenoxy) is 1. The van der Waals surface area contributed by atoms with E-state index >= 15 is 0 Å². The molecule has 0 unspecified atom stereocenters. The Hall–Kier alpha value is -2.04. The van der Waals surface area contributed by atoms with Gasteiger partial charge in [0, 0.05) is 23.8 Å². The van der Waals surface area contributed by atoms with Crippen LogP contribution in [0.1, 0.15) is 68.6 Å². The number of aromatic nitrogens is 2. The van der Waals surface area contributed by atoms with Crippen molar-refractivity contribution in [2.45, 2.75) is 64.3 Å². The van der Waals surface area contributed by atoms with Crippen LogP contribution >= 0.6 is 0 Å². The lowest BCUT2D eigenvalue weighted by atomic mass is 9.83. The van der Waals surface area contributed by atoms with E-state index in [1.165, 1.54) is 44.9 Å². The summed E-state index contributed by atoms with van der Waals surface area (Å²) in [5.41, 5.74) is 2.27. The van der Waals surface area contributed by atoms with Crippen LogP contribution in [-0.4, -0.2) is 28.6 Å². The van der Waals surface area contributed by atoms with Crippen LogP contribution in [0, 0.1) is 11.8 Å². The molecule has 0 bridgehead atoms. The smallest absolute Gasteiger partial charge is 0.341 e. The first-order valence-electron chi connectivity index (χ1n) is 10.1. The fourth-order valence-corrected chi connectivity index (χ4v) is 4.17. The van der Waals surface area contributed by atoms with E-state index in [1.807, 2.05) is 12.3 Å². The standard InChI is InChI=1S/C21H29N3O2/c1-2-4-14-5-3-6-16(11-14)24-19-17-9-10-22-20(17)23-12-18(19)21(25)26-13-15-7-8-15/h9-10,12,14-16H,2-8,11,13H2,1H3,(H2,22,23,24)/t14-,16+/m1/s1. The normalized spacial score (nSPS) is 23.1. The highest BCUT2D eigenvalue weighted by Gasteiger charge is 2.27. The Balaban J connectivity index is 1.56. The topological polar surface area (TPSA) is 67.0 Å². The van der Waals surface area contributed by atoms with Crippen molar-refractivity contribution >= 4 is 22.7 Å². The molecule has 5 nitrogen and oxygen atoms in total. The zero-order valence-electron chi connectivity index (χ0n) is 15.6.